The predicted octanol–water partition coefficient (Wildman–Crippen LogP) is -0.539. The van der Waals surface area contributed by atoms with Crippen LogP contribution >= 0.6 is 0 Å². The molecule has 0 saturated heterocycles. The molecule has 0 aromatic rings. The Morgan fingerprint density at radius 2 is 1.57 bits per heavy atom. The molecular formula is C8H14O6. The second kappa shape index (κ2) is 9.69. The minimum absolute atomic E-state index is 0.115. The molecule has 14 heavy (non-hydrogen) atoms. The van der Waals surface area contributed by atoms with E-state index in [1.807, 2.05) is 6.92 Å². The van der Waals surface area contributed by atoms with Crippen LogP contribution in [0.15, 0.2) is 12.2 Å². The molecule has 0 spiro atoms. The Balaban J connectivity index is 0. The number of aliphatic hydroxyl groups is 2. The molecule has 1 atom stereocenters. The van der Waals surface area contributed by atoms with Gasteiger partial charge in [-0.15, -0.1) is 0 Å². The van der Waals surface area contributed by atoms with Gasteiger partial charge in [0.1, 0.15) is 0 Å². The smallest absolute Gasteiger partial charge is 0.328 e. The Morgan fingerprint density at radius 1 is 1.21 bits per heavy atom. The standard InChI is InChI=1S/C4H4O4.C4H10O2/c5-3(6)1-2-4(7)8;1-2-4(6)3-5/h1-2H,(H,5,6)(H,7,8);4-6H,2-3H2,1H3. The summed E-state index contributed by atoms with van der Waals surface area (Å²) in [5, 5.41) is 32.1. The largest absolute Gasteiger partial charge is 0.478 e. The molecule has 0 aliphatic rings. The number of hydrogen-bond donors (Lipinski definition) is 4. The van der Waals surface area contributed by atoms with Crippen molar-refractivity contribution in [2.45, 2.75) is 19.4 Å². The van der Waals surface area contributed by atoms with Crippen molar-refractivity contribution >= 4 is 11.9 Å². The minimum atomic E-state index is -1.26. The first-order valence-corrected chi connectivity index (χ1v) is 3.86. The SMILES string of the molecule is CCC(O)CO.O=C(O)C=CC(=O)O. The summed E-state index contributed by atoms with van der Waals surface area (Å²) in [6.45, 7) is 1.71. The predicted molar refractivity (Wildman–Crippen MR) is 47.8 cm³/mol. The first kappa shape index (κ1) is 15.1. The third kappa shape index (κ3) is 16.9. The summed E-state index contributed by atoms with van der Waals surface area (Å²) < 4.78 is 0. The summed E-state index contributed by atoms with van der Waals surface area (Å²) in [4.78, 5) is 19.1. The number of aliphatic carboxylic acids is 2. The van der Waals surface area contributed by atoms with E-state index in [9.17, 15) is 9.59 Å². The maximum atomic E-state index is 9.55. The zero-order chi connectivity index (χ0) is 11.6. The third-order valence-electron chi connectivity index (χ3n) is 1.05. The van der Waals surface area contributed by atoms with Gasteiger partial charge in [-0.3, -0.25) is 0 Å². The van der Waals surface area contributed by atoms with Gasteiger partial charge in [-0.1, -0.05) is 6.92 Å². The van der Waals surface area contributed by atoms with Crippen molar-refractivity contribution in [3.8, 4) is 0 Å². The van der Waals surface area contributed by atoms with Crippen LogP contribution in [0.1, 0.15) is 13.3 Å². The van der Waals surface area contributed by atoms with Gasteiger partial charge in [-0.05, 0) is 6.42 Å². The van der Waals surface area contributed by atoms with E-state index in [4.69, 9.17) is 20.4 Å². The van der Waals surface area contributed by atoms with E-state index in [0.717, 1.165) is 0 Å². The van der Waals surface area contributed by atoms with Crippen LogP contribution in [0.5, 0.6) is 0 Å². The summed E-state index contributed by atoms with van der Waals surface area (Å²) >= 11 is 0. The molecule has 1 unspecified atom stereocenters. The lowest BCUT2D eigenvalue weighted by Gasteiger charge is -1.97. The lowest BCUT2D eigenvalue weighted by atomic mass is 10.3. The van der Waals surface area contributed by atoms with Crippen LogP contribution in [0.4, 0.5) is 0 Å². The molecular weight excluding hydrogens is 192 g/mol. The molecule has 82 valence electrons. The average Bonchev–Trinajstić information content (AvgIpc) is 2.14. The molecule has 0 saturated carbocycles. The van der Waals surface area contributed by atoms with Crippen molar-refractivity contribution < 1.29 is 30.0 Å². The summed E-state index contributed by atoms with van der Waals surface area (Å²) in [5.41, 5.74) is 0. The second-order valence-electron chi connectivity index (χ2n) is 2.25. The molecule has 0 radical (unpaired) electrons. The molecule has 0 aromatic heterocycles. The van der Waals surface area contributed by atoms with E-state index >= 15 is 0 Å². The van der Waals surface area contributed by atoms with Crippen molar-refractivity contribution in [2.75, 3.05) is 6.61 Å². The van der Waals surface area contributed by atoms with E-state index in [0.29, 0.717) is 18.6 Å². The Hall–Kier alpha value is -1.40. The number of aliphatic hydroxyl groups excluding tert-OH is 2. The van der Waals surface area contributed by atoms with Gasteiger partial charge in [-0.2, -0.15) is 0 Å². The molecule has 6 heteroatoms. The monoisotopic (exact) mass is 206 g/mol. The van der Waals surface area contributed by atoms with Crippen LogP contribution in [0, 0.1) is 0 Å². The maximum Gasteiger partial charge on any atom is 0.328 e. The summed E-state index contributed by atoms with van der Waals surface area (Å²) in [7, 11) is 0. The van der Waals surface area contributed by atoms with Crippen molar-refractivity contribution in [3.63, 3.8) is 0 Å². The van der Waals surface area contributed by atoms with E-state index < -0.39 is 18.0 Å². The van der Waals surface area contributed by atoms with Gasteiger partial charge in [0.05, 0.1) is 12.7 Å². The van der Waals surface area contributed by atoms with Crippen molar-refractivity contribution in [1.29, 1.82) is 0 Å². The van der Waals surface area contributed by atoms with E-state index in [1.54, 1.807) is 0 Å². The quantitative estimate of drug-likeness (QED) is 0.459. The summed E-state index contributed by atoms with van der Waals surface area (Å²) in [5.74, 6) is -2.51. The topological polar surface area (TPSA) is 115 Å². The van der Waals surface area contributed by atoms with Crippen molar-refractivity contribution in [3.05, 3.63) is 12.2 Å². The van der Waals surface area contributed by atoms with Crippen LogP contribution in [-0.4, -0.2) is 45.1 Å². The van der Waals surface area contributed by atoms with Crippen LogP contribution < -0.4 is 0 Å². The van der Waals surface area contributed by atoms with E-state index in [2.05, 4.69) is 0 Å². The highest BCUT2D eigenvalue weighted by Crippen LogP contribution is 1.83. The van der Waals surface area contributed by atoms with E-state index in [1.165, 1.54) is 0 Å². The first-order chi connectivity index (χ1) is 6.43. The molecule has 0 rings (SSSR count). The number of hydrogen-bond acceptors (Lipinski definition) is 4. The molecule has 6 nitrogen and oxygen atoms in total. The molecule has 0 amide bonds. The number of rotatable bonds is 4. The highest BCUT2D eigenvalue weighted by atomic mass is 16.4. The first-order valence-electron chi connectivity index (χ1n) is 3.86. The lowest BCUT2D eigenvalue weighted by Crippen LogP contribution is -2.08. The number of carbonyl (C=O) groups is 2. The van der Waals surface area contributed by atoms with Crippen LogP contribution in [0.2, 0.25) is 0 Å². The Morgan fingerprint density at radius 3 is 1.64 bits per heavy atom. The highest BCUT2D eigenvalue weighted by molar-refractivity contribution is 5.89. The number of carboxylic acids is 2. The van der Waals surface area contributed by atoms with E-state index in [-0.39, 0.29) is 6.61 Å². The summed E-state index contributed by atoms with van der Waals surface area (Å²) in [6, 6.07) is 0. The van der Waals surface area contributed by atoms with Gasteiger partial charge in [0, 0.05) is 12.2 Å². The molecule has 4 N–H and O–H groups in total. The normalized spacial score (nSPS) is 11.6. The third-order valence-corrected chi connectivity index (χ3v) is 1.05. The van der Waals surface area contributed by atoms with Crippen LogP contribution in [0.3, 0.4) is 0 Å². The van der Waals surface area contributed by atoms with Crippen molar-refractivity contribution in [2.24, 2.45) is 0 Å². The van der Waals surface area contributed by atoms with Crippen LogP contribution in [-0.2, 0) is 9.59 Å². The molecule has 0 aliphatic carbocycles. The Labute approximate surface area is 81.1 Å². The molecule has 0 heterocycles. The van der Waals surface area contributed by atoms with Crippen molar-refractivity contribution in [1.82, 2.24) is 0 Å². The van der Waals surface area contributed by atoms with Gasteiger partial charge < -0.3 is 20.4 Å². The lowest BCUT2D eigenvalue weighted by molar-refractivity contribution is -0.134. The van der Waals surface area contributed by atoms with Gasteiger partial charge in [0.25, 0.3) is 0 Å². The van der Waals surface area contributed by atoms with Crippen LogP contribution in [0.25, 0.3) is 0 Å². The molecule has 0 fully saturated rings. The zero-order valence-electron chi connectivity index (χ0n) is 7.75. The van der Waals surface area contributed by atoms with Gasteiger partial charge in [0.2, 0.25) is 0 Å². The Bertz CT molecular complexity index is 178. The minimum Gasteiger partial charge on any atom is -0.478 e. The zero-order valence-corrected chi connectivity index (χ0v) is 7.75. The van der Waals surface area contributed by atoms with Gasteiger partial charge >= 0.3 is 11.9 Å². The van der Waals surface area contributed by atoms with Gasteiger partial charge in [0.15, 0.2) is 0 Å². The molecule has 0 bridgehead atoms. The molecule has 0 aliphatic heterocycles. The second-order valence-corrected chi connectivity index (χ2v) is 2.25. The maximum absolute atomic E-state index is 9.55. The van der Waals surface area contributed by atoms with Gasteiger partial charge in [-0.25, -0.2) is 9.59 Å². The fraction of sp³-hybridized carbons (Fsp3) is 0.500. The molecule has 0 aromatic carbocycles. The fourth-order valence-electron chi connectivity index (χ4n) is 0.272. The fourth-order valence-corrected chi connectivity index (χ4v) is 0.272. The number of carboxylic acid groups (broad SMARTS) is 2. The highest BCUT2D eigenvalue weighted by Gasteiger charge is 1.92. The Kier molecular flexibility index (Phi) is 10.4. The summed E-state index contributed by atoms with van der Waals surface area (Å²) in [6.07, 6.45) is 1.24. The average molecular weight is 206 g/mol.